The van der Waals surface area contributed by atoms with Gasteiger partial charge in [-0.3, -0.25) is 4.79 Å². The van der Waals surface area contributed by atoms with Gasteiger partial charge in [0.15, 0.2) is 18.9 Å². The van der Waals surface area contributed by atoms with Crippen LogP contribution in [-0.4, -0.2) is 146 Å². The lowest BCUT2D eigenvalue weighted by Crippen LogP contribution is -2.67. The van der Waals surface area contributed by atoms with Crippen molar-refractivity contribution in [1.29, 1.82) is 0 Å². The van der Waals surface area contributed by atoms with E-state index in [-0.39, 0.29) is 6.42 Å². The molecule has 0 unspecified atom stereocenters. The molecule has 0 spiro atoms. The summed E-state index contributed by atoms with van der Waals surface area (Å²) in [6, 6.07) is -1.30. The Morgan fingerprint density at radius 2 is 1.51 bits per heavy atom. The van der Waals surface area contributed by atoms with E-state index in [1.165, 1.54) is 6.92 Å². The van der Waals surface area contributed by atoms with E-state index in [4.69, 9.17) is 23.7 Å². The predicted molar refractivity (Wildman–Crippen MR) is 110 cm³/mol. The molecule has 15 heteroatoms. The van der Waals surface area contributed by atoms with E-state index in [1.54, 1.807) is 0 Å². The molecule has 0 bridgehead atoms. The number of carbonyl (C=O) groups is 1. The minimum absolute atomic E-state index is 0.203. The van der Waals surface area contributed by atoms with Crippen molar-refractivity contribution < 1.29 is 69.3 Å². The molecule has 3 aliphatic heterocycles. The number of hydrogen-bond donors (Lipinski definition) is 9. The first kappa shape index (κ1) is 28.5. The lowest BCUT2D eigenvalue weighted by Gasteiger charge is -2.47. The summed E-state index contributed by atoms with van der Waals surface area (Å²) < 4.78 is 27.8. The maximum absolute atomic E-state index is 11.7. The van der Waals surface area contributed by atoms with Gasteiger partial charge in [0.1, 0.15) is 54.9 Å². The van der Waals surface area contributed by atoms with Gasteiger partial charge in [0, 0.05) is 13.3 Å². The third-order valence-corrected chi connectivity index (χ3v) is 6.35. The zero-order valence-corrected chi connectivity index (χ0v) is 19.2. The van der Waals surface area contributed by atoms with Crippen molar-refractivity contribution in [2.24, 2.45) is 0 Å². The van der Waals surface area contributed by atoms with Gasteiger partial charge in [-0.1, -0.05) is 0 Å². The Balaban J connectivity index is 1.83. The molecule has 0 aromatic heterocycles. The first-order valence-corrected chi connectivity index (χ1v) is 11.3. The second kappa shape index (κ2) is 12.0. The van der Waals surface area contributed by atoms with E-state index in [2.05, 4.69) is 5.32 Å². The highest BCUT2D eigenvalue weighted by Crippen LogP contribution is 2.32. The molecule has 0 aromatic rings. The molecule has 0 aliphatic carbocycles. The fourth-order valence-corrected chi connectivity index (χ4v) is 4.34. The second-order valence-electron chi connectivity index (χ2n) is 8.95. The maximum atomic E-state index is 11.7. The summed E-state index contributed by atoms with van der Waals surface area (Å²) in [6.07, 6.45) is -18.2. The maximum Gasteiger partial charge on any atom is 0.217 e. The average molecular weight is 513 g/mol. The van der Waals surface area contributed by atoms with Crippen LogP contribution in [0.5, 0.6) is 0 Å². The van der Waals surface area contributed by atoms with Crippen LogP contribution in [0.15, 0.2) is 0 Å². The van der Waals surface area contributed by atoms with E-state index in [1.807, 2.05) is 0 Å². The van der Waals surface area contributed by atoms with Crippen LogP contribution in [0.3, 0.4) is 0 Å². The number of hydrogen-bond acceptors (Lipinski definition) is 14. The van der Waals surface area contributed by atoms with Gasteiger partial charge in [-0.05, 0) is 6.92 Å². The smallest absolute Gasteiger partial charge is 0.217 e. The summed E-state index contributed by atoms with van der Waals surface area (Å²) in [6.45, 7) is 1.32. The topological polar surface area (TPSA) is 237 Å². The van der Waals surface area contributed by atoms with Crippen LogP contribution in [0.2, 0.25) is 0 Å². The summed E-state index contributed by atoms with van der Waals surface area (Å²) in [5.74, 6) is -0.581. The molecule has 1 amide bonds. The van der Waals surface area contributed by atoms with Crippen LogP contribution in [-0.2, 0) is 28.5 Å². The van der Waals surface area contributed by atoms with Crippen LogP contribution >= 0.6 is 0 Å². The number of rotatable bonds is 7. The molecule has 3 fully saturated rings. The molecule has 204 valence electrons. The zero-order chi connectivity index (χ0) is 26.0. The lowest BCUT2D eigenvalue weighted by atomic mass is 9.96. The quantitative estimate of drug-likeness (QED) is 0.155. The molecule has 3 saturated heterocycles. The fraction of sp³-hybridized carbons (Fsp3) is 0.950. The van der Waals surface area contributed by atoms with Crippen molar-refractivity contribution in [1.82, 2.24) is 5.32 Å². The van der Waals surface area contributed by atoms with Gasteiger partial charge in [0.2, 0.25) is 5.91 Å². The molecule has 3 heterocycles. The minimum Gasteiger partial charge on any atom is -0.394 e. The molecule has 3 rings (SSSR count). The monoisotopic (exact) mass is 513 g/mol. The number of aliphatic hydroxyl groups excluding tert-OH is 8. The Kier molecular flexibility index (Phi) is 9.78. The van der Waals surface area contributed by atoms with Gasteiger partial charge in [0.05, 0.1) is 25.4 Å². The summed E-state index contributed by atoms with van der Waals surface area (Å²) in [5.41, 5.74) is 0. The Morgan fingerprint density at radius 3 is 2.11 bits per heavy atom. The van der Waals surface area contributed by atoms with Crippen molar-refractivity contribution in [3.8, 4) is 0 Å². The number of nitrogens with one attached hydrogen (secondary N) is 1. The molecule has 0 saturated carbocycles. The minimum atomic E-state index is -1.67. The SMILES string of the molecule is CC(=O)N[C@@H]1[C@@H](O[C@@H]2O[C@H](CO)[C@H](O)C[C@H]2O[C@@H]2O[C@@H](C)[C@@H](O)[C@@H](O)[C@@H]2O)[C@H](O)[C@@H](CO)O[C@H]1O. The number of aliphatic hydroxyl groups is 8. The molecule has 14 atom stereocenters. The van der Waals surface area contributed by atoms with Crippen molar-refractivity contribution in [2.75, 3.05) is 13.2 Å². The normalized spacial score (nSPS) is 49.0. The van der Waals surface area contributed by atoms with Crippen molar-refractivity contribution in [3.63, 3.8) is 0 Å². The van der Waals surface area contributed by atoms with Crippen molar-refractivity contribution >= 4 is 5.91 Å². The zero-order valence-electron chi connectivity index (χ0n) is 19.2. The first-order chi connectivity index (χ1) is 16.5. The third-order valence-electron chi connectivity index (χ3n) is 6.35. The Hall–Kier alpha value is -1.05. The van der Waals surface area contributed by atoms with E-state index < -0.39 is 105 Å². The van der Waals surface area contributed by atoms with Crippen LogP contribution in [0.25, 0.3) is 0 Å². The van der Waals surface area contributed by atoms with Crippen LogP contribution in [0, 0.1) is 0 Å². The fourth-order valence-electron chi connectivity index (χ4n) is 4.34. The number of amides is 1. The van der Waals surface area contributed by atoms with E-state index in [9.17, 15) is 45.6 Å². The standard InChI is InChI=1S/C20H35NO14/c1-6-13(26)15(28)16(29)20(31-6)33-9-3-8(25)10(4-22)34-19(9)35-17-12(21-7(2)24)18(30)32-11(5-23)14(17)27/h6,8-20,22-23,25-30H,3-5H2,1-2H3,(H,21,24)/t6-,8+,9+,10+,11+,12+,13+,14+,15+,16-,17+,18+,19-,20-/m0/s1. The van der Waals surface area contributed by atoms with Crippen molar-refractivity contribution in [2.45, 2.75) is 106 Å². The third kappa shape index (κ3) is 6.27. The molecule has 35 heavy (non-hydrogen) atoms. The molecule has 9 N–H and O–H groups in total. The average Bonchev–Trinajstić information content (AvgIpc) is 2.81. The van der Waals surface area contributed by atoms with Gasteiger partial charge in [-0.15, -0.1) is 0 Å². The Bertz CT molecular complexity index is 701. The summed E-state index contributed by atoms with van der Waals surface area (Å²) in [5, 5.41) is 83.1. The van der Waals surface area contributed by atoms with Gasteiger partial charge in [-0.25, -0.2) is 0 Å². The lowest BCUT2D eigenvalue weighted by molar-refractivity contribution is -0.364. The van der Waals surface area contributed by atoms with E-state index in [0.29, 0.717) is 0 Å². The number of carbonyl (C=O) groups excluding carboxylic acids is 1. The second-order valence-corrected chi connectivity index (χ2v) is 8.95. The summed E-state index contributed by atoms with van der Waals surface area (Å²) in [4.78, 5) is 11.7. The van der Waals surface area contributed by atoms with Crippen LogP contribution in [0.4, 0.5) is 0 Å². The Morgan fingerprint density at radius 1 is 0.857 bits per heavy atom. The van der Waals surface area contributed by atoms with E-state index >= 15 is 0 Å². The van der Waals surface area contributed by atoms with Gasteiger partial charge in [0.25, 0.3) is 0 Å². The molecular weight excluding hydrogens is 478 g/mol. The highest BCUT2D eigenvalue weighted by Gasteiger charge is 2.51. The van der Waals surface area contributed by atoms with Crippen molar-refractivity contribution in [3.05, 3.63) is 0 Å². The highest BCUT2D eigenvalue weighted by molar-refractivity contribution is 5.73. The largest absolute Gasteiger partial charge is 0.394 e. The van der Waals surface area contributed by atoms with Gasteiger partial charge >= 0.3 is 0 Å². The highest BCUT2D eigenvalue weighted by atomic mass is 16.8. The summed E-state index contributed by atoms with van der Waals surface area (Å²) in [7, 11) is 0. The Labute approximate surface area is 200 Å². The molecule has 0 radical (unpaired) electrons. The van der Waals surface area contributed by atoms with Gasteiger partial charge < -0.3 is 69.9 Å². The molecule has 15 nitrogen and oxygen atoms in total. The molecular formula is C20H35NO14. The molecule has 3 aliphatic rings. The van der Waals surface area contributed by atoms with E-state index in [0.717, 1.165) is 6.92 Å². The molecule has 0 aromatic carbocycles. The van der Waals surface area contributed by atoms with Gasteiger partial charge in [-0.2, -0.15) is 0 Å². The van der Waals surface area contributed by atoms with Crippen LogP contribution in [0.1, 0.15) is 20.3 Å². The number of ether oxygens (including phenoxy) is 5. The first-order valence-electron chi connectivity index (χ1n) is 11.3. The predicted octanol–water partition coefficient (Wildman–Crippen LogP) is -5.37. The summed E-state index contributed by atoms with van der Waals surface area (Å²) >= 11 is 0. The van der Waals surface area contributed by atoms with Crippen LogP contribution < -0.4 is 5.32 Å².